The van der Waals surface area contributed by atoms with Crippen LogP contribution in [0, 0.1) is 23.7 Å². The van der Waals surface area contributed by atoms with Crippen LogP contribution >= 0.6 is 0 Å². The van der Waals surface area contributed by atoms with Gasteiger partial charge < -0.3 is 9.64 Å². The second-order valence-corrected chi connectivity index (χ2v) is 5.08. The number of rotatable bonds is 5. The van der Waals surface area contributed by atoms with Crippen molar-refractivity contribution in [1.29, 1.82) is 5.26 Å². The van der Waals surface area contributed by atoms with Crippen LogP contribution in [0.25, 0.3) is 0 Å². The highest BCUT2D eigenvalue weighted by Gasteiger charge is 2.26. The summed E-state index contributed by atoms with van der Waals surface area (Å²) in [6.07, 6.45) is 7.17. The largest absolute Gasteiger partial charge is 0.364 e. The highest BCUT2D eigenvalue weighted by atomic mass is 16.5. The molecule has 0 bridgehead atoms. The molecule has 0 unspecified atom stereocenters. The number of likely N-dealkylation sites (tertiary alicyclic amines) is 1. The summed E-state index contributed by atoms with van der Waals surface area (Å²) in [4.78, 5) is 14.0. The Labute approximate surface area is 125 Å². The lowest BCUT2D eigenvalue weighted by Crippen LogP contribution is -2.30. The van der Waals surface area contributed by atoms with Gasteiger partial charge in [-0.2, -0.15) is 5.26 Å². The van der Waals surface area contributed by atoms with Crippen LogP contribution in [0.2, 0.25) is 0 Å². The number of hydrogen-bond donors (Lipinski definition) is 0. The van der Waals surface area contributed by atoms with Crippen molar-refractivity contribution in [3.8, 4) is 18.4 Å². The van der Waals surface area contributed by atoms with Gasteiger partial charge in [0.25, 0.3) is 0 Å². The number of amides is 1. The van der Waals surface area contributed by atoms with Gasteiger partial charge in [0.05, 0.1) is 17.7 Å². The van der Waals surface area contributed by atoms with Gasteiger partial charge in [0.2, 0.25) is 5.91 Å². The molecule has 108 valence electrons. The van der Waals surface area contributed by atoms with Crippen molar-refractivity contribution in [2.24, 2.45) is 0 Å². The predicted molar refractivity (Wildman–Crippen MR) is 79.2 cm³/mol. The molecule has 21 heavy (non-hydrogen) atoms. The molecular formula is C17H18N2O2. The maximum absolute atomic E-state index is 12.2. The first-order chi connectivity index (χ1) is 10.2. The average Bonchev–Trinajstić information content (AvgIpc) is 2.99. The molecule has 4 heteroatoms. The third kappa shape index (κ3) is 4.34. The van der Waals surface area contributed by atoms with Gasteiger partial charge in [0.15, 0.2) is 0 Å². The summed E-state index contributed by atoms with van der Waals surface area (Å²) in [5.41, 5.74) is 1.64. The second-order valence-electron chi connectivity index (χ2n) is 5.08. The van der Waals surface area contributed by atoms with Crippen LogP contribution in [-0.4, -0.2) is 36.6 Å². The number of carbonyl (C=O) groups is 1. The first kappa shape index (κ1) is 15.1. The van der Waals surface area contributed by atoms with Gasteiger partial charge in [0.1, 0.15) is 6.61 Å². The molecule has 0 radical (unpaired) electrons. The lowest BCUT2D eigenvalue weighted by molar-refractivity contribution is -0.130. The Morgan fingerprint density at radius 3 is 3.14 bits per heavy atom. The lowest BCUT2D eigenvalue weighted by atomic mass is 10.1. The second kappa shape index (κ2) is 7.47. The molecule has 0 aromatic heterocycles. The van der Waals surface area contributed by atoms with Crippen LogP contribution in [0.3, 0.4) is 0 Å². The molecule has 1 atom stereocenters. The van der Waals surface area contributed by atoms with E-state index < -0.39 is 0 Å². The topological polar surface area (TPSA) is 53.3 Å². The van der Waals surface area contributed by atoms with Crippen LogP contribution in [0.1, 0.15) is 24.0 Å². The highest BCUT2D eigenvalue weighted by Crippen LogP contribution is 2.15. The van der Waals surface area contributed by atoms with Crippen molar-refractivity contribution in [2.45, 2.75) is 25.4 Å². The van der Waals surface area contributed by atoms with Gasteiger partial charge >= 0.3 is 0 Å². The molecule has 1 aliphatic heterocycles. The van der Waals surface area contributed by atoms with Crippen LogP contribution < -0.4 is 0 Å². The zero-order chi connectivity index (χ0) is 15.1. The molecule has 0 aliphatic carbocycles. The minimum atomic E-state index is 0.0620. The minimum absolute atomic E-state index is 0.0620. The van der Waals surface area contributed by atoms with Crippen LogP contribution in [0.15, 0.2) is 24.3 Å². The Bertz CT molecular complexity index is 583. The fraction of sp³-hybridized carbons (Fsp3) is 0.412. The maximum atomic E-state index is 12.2. The molecular weight excluding hydrogens is 264 g/mol. The molecule has 1 saturated heterocycles. The molecule has 1 fully saturated rings. The zero-order valence-electron chi connectivity index (χ0n) is 11.9. The summed E-state index contributed by atoms with van der Waals surface area (Å²) < 4.78 is 5.46. The van der Waals surface area contributed by atoms with E-state index in [-0.39, 0.29) is 12.0 Å². The first-order valence-corrected chi connectivity index (χ1v) is 7.05. The fourth-order valence-electron chi connectivity index (χ4n) is 2.46. The van der Waals surface area contributed by atoms with E-state index in [0.29, 0.717) is 31.6 Å². The fourth-order valence-corrected chi connectivity index (χ4v) is 2.46. The Morgan fingerprint density at radius 2 is 2.38 bits per heavy atom. The number of hydrogen-bond acceptors (Lipinski definition) is 3. The number of benzene rings is 1. The number of nitrogens with zero attached hydrogens (tertiary/aromatic N) is 2. The molecule has 1 aliphatic rings. The summed E-state index contributed by atoms with van der Waals surface area (Å²) in [5, 5.41) is 8.86. The monoisotopic (exact) mass is 282 g/mol. The quantitative estimate of drug-likeness (QED) is 0.773. The van der Waals surface area contributed by atoms with Crippen molar-refractivity contribution < 1.29 is 9.53 Å². The number of aryl methyl sites for hydroxylation is 1. The van der Waals surface area contributed by atoms with E-state index in [9.17, 15) is 4.79 Å². The van der Waals surface area contributed by atoms with Crippen molar-refractivity contribution in [3.05, 3.63) is 35.4 Å². The number of carbonyl (C=O) groups excluding carboxylic acids is 1. The average molecular weight is 282 g/mol. The van der Waals surface area contributed by atoms with E-state index in [4.69, 9.17) is 16.4 Å². The predicted octanol–water partition coefficient (Wildman–Crippen LogP) is 1.74. The molecule has 0 saturated carbocycles. The smallest absolute Gasteiger partial charge is 0.222 e. The summed E-state index contributed by atoms with van der Waals surface area (Å²) in [6, 6.07) is 9.49. The maximum Gasteiger partial charge on any atom is 0.222 e. The Balaban J connectivity index is 1.80. The first-order valence-electron chi connectivity index (χ1n) is 7.05. The number of terminal acetylenes is 1. The third-order valence-corrected chi connectivity index (χ3v) is 3.58. The molecule has 0 N–H and O–H groups in total. The SMILES string of the molecule is C#CCO[C@@H]1CCN(C(=O)CCc2cccc(C#N)c2)C1. The molecule has 1 amide bonds. The number of ether oxygens (including phenoxy) is 1. The summed E-state index contributed by atoms with van der Waals surface area (Å²) in [7, 11) is 0. The van der Waals surface area contributed by atoms with Gasteiger partial charge in [-0.1, -0.05) is 18.1 Å². The summed E-state index contributed by atoms with van der Waals surface area (Å²) in [6.45, 7) is 1.65. The van der Waals surface area contributed by atoms with Gasteiger partial charge in [-0.05, 0) is 30.5 Å². The zero-order valence-corrected chi connectivity index (χ0v) is 11.9. The van der Waals surface area contributed by atoms with Gasteiger partial charge in [-0.3, -0.25) is 4.79 Å². The van der Waals surface area contributed by atoms with E-state index in [1.807, 2.05) is 23.1 Å². The van der Waals surface area contributed by atoms with Crippen molar-refractivity contribution in [2.75, 3.05) is 19.7 Å². The third-order valence-electron chi connectivity index (χ3n) is 3.58. The van der Waals surface area contributed by atoms with Crippen LogP contribution in [0.5, 0.6) is 0 Å². The highest BCUT2D eigenvalue weighted by molar-refractivity contribution is 5.76. The standard InChI is InChI=1S/C17H18N2O2/c1-2-10-21-16-8-9-19(13-16)17(20)7-6-14-4-3-5-15(11-14)12-18/h1,3-5,11,16H,6-10,13H2/t16-/m1/s1. The van der Waals surface area contributed by atoms with Crippen molar-refractivity contribution >= 4 is 5.91 Å². The van der Waals surface area contributed by atoms with E-state index in [1.165, 1.54) is 0 Å². The Hall–Kier alpha value is -2.30. The van der Waals surface area contributed by atoms with Crippen molar-refractivity contribution in [1.82, 2.24) is 4.90 Å². The van der Waals surface area contributed by atoms with E-state index in [1.54, 1.807) is 6.07 Å². The molecule has 4 nitrogen and oxygen atoms in total. The molecule has 1 aromatic rings. The summed E-state index contributed by atoms with van der Waals surface area (Å²) >= 11 is 0. The number of nitriles is 1. The normalized spacial score (nSPS) is 17.2. The van der Waals surface area contributed by atoms with E-state index in [0.717, 1.165) is 18.5 Å². The lowest BCUT2D eigenvalue weighted by Gasteiger charge is -2.16. The minimum Gasteiger partial charge on any atom is -0.364 e. The molecule has 1 aromatic carbocycles. The Morgan fingerprint density at radius 1 is 1.52 bits per heavy atom. The van der Waals surface area contributed by atoms with Gasteiger partial charge in [-0.25, -0.2) is 0 Å². The summed E-state index contributed by atoms with van der Waals surface area (Å²) in [5.74, 6) is 2.57. The van der Waals surface area contributed by atoms with Crippen LogP contribution in [-0.2, 0) is 16.0 Å². The van der Waals surface area contributed by atoms with Gasteiger partial charge in [0, 0.05) is 19.5 Å². The van der Waals surface area contributed by atoms with E-state index >= 15 is 0 Å². The van der Waals surface area contributed by atoms with Crippen LogP contribution in [0.4, 0.5) is 0 Å². The molecule has 2 rings (SSSR count). The van der Waals surface area contributed by atoms with Crippen molar-refractivity contribution in [3.63, 3.8) is 0 Å². The van der Waals surface area contributed by atoms with E-state index in [2.05, 4.69) is 12.0 Å². The van der Waals surface area contributed by atoms with Gasteiger partial charge in [-0.15, -0.1) is 6.42 Å². The Kier molecular flexibility index (Phi) is 5.37. The molecule has 1 heterocycles. The molecule has 0 spiro atoms.